The van der Waals surface area contributed by atoms with Crippen molar-refractivity contribution in [2.75, 3.05) is 14.1 Å². The van der Waals surface area contributed by atoms with E-state index >= 15 is 0 Å². The van der Waals surface area contributed by atoms with E-state index in [1.807, 2.05) is 0 Å². The van der Waals surface area contributed by atoms with Gasteiger partial charge in [-0.3, -0.25) is 5.41 Å². The van der Waals surface area contributed by atoms with Crippen molar-refractivity contribution in [3.05, 3.63) is 9.81 Å². The zero-order valence-electron chi connectivity index (χ0n) is 8.15. The number of nitrogens with one attached hydrogen (secondary N) is 1. The van der Waals surface area contributed by atoms with Gasteiger partial charge < -0.3 is 26.8 Å². The van der Waals surface area contributed by atoms with Crippen LogP contribution in [0.2, 0.25) is 0 Å². The van der Waals surface area contributed by atoms with Crippen molar-refractivity contribution in [2.45, 2.75) is 0 Å². The molecule has 0 aliphatic carbocycles. The van der Waals surface area contributed by atoms with Crippen LogP contribution in [0.5, 0.6) is 0 Å². The van der Waals surface area contributed by atoms with Crippen molar-refractivity contribution in [3.63, 3.8) is 0 Å². The van der Waals surface area contributed by atoms with Gasteiger partial charge in [0.05, 0.1) is 0 Å². The highest BCUT2D eigenvalue weighted by Crippen LogP contribution is 1.73. The van der Waals surface area contributed by atoms with Crippen molar-refractivity contribution < 1.29 is 10.4 Å². The third-order valence-corrected chi connectivity index (χ3v) is 0.693. The van der Waals surface area contributed by atoms with Gasteiger partial charge in [-0.25, -0.2) is 0 Å². The van der Waals surface area contributed by atoms with E-state index in [0.29, 0.717) is 0 Å². The van der Waals surface area contributed by atoms with E-state index in [2.05, 4.69) is 4.99 Å². The summed E-state index contributed by atoms with van der Waals surface area (Å²) < 4.78 is 0. The number of hydrogen-bond donors (Lipinski definition) is 5. The van der Waals surface area contributed by atoms with Gasteiger partial charge in [0.25, 0.3) is 0 Å². The minimum absolute atomic E-state index is 0.238. The second kappa shape index (κ2) is 14.1. The van der Waals surface area contributed by atoms with Crippen LogP contribution in [0.1, 0.15) is 0 Å². The lowest BCUT2D eigenvalue weighted by Gasteiger charge is -2.08. The van der Waals surface area contributed by atoms with Crippen LogP contribution in [-0.2, 0) is 0 Å². The minimum atomic E-state index is -0.277. The van der Waals surface area contributed by atoms with Gasteiger partial charge in [0, 0.05) is 14.1 Å². The van der Waals surface area contributed by atoms with Gasteiger partial charge in [0.1, 0.15) is 0 Å². The summed E-state index contributed by atoms with van der Waals surface area (Å²) in [6.45, 7) is 0. The zero-order valence-corrected chi connectivity index (χ0v) is 8.15. The van der Waals surface area contributed by atoms with Gasteiger partial charge >= 0.3 is 0 Å². The Morgan fingerprint density at radius 1 is 1.20 bits per heavy atom. The van der Waals surface area contributed by atoms with Crippen LogP contribution < -0.4 is 11.5 Å². The molecule has 0 saturated carbocycles. The first-order chi connectivity index (χ1) is 6.87. The van der Waals surface area contributed by atoms with Gasteiger partial charge in [-0.05, 0) is 0 Å². The highest BCUT2D eigenvalue weighted by atomic mass is 16.6. The number of nitrogens with two attached hydrogens (primary N) is 2. The second-order valence-corrected chi connectivity index (χ2v) is 1.91. The highest BCUT2D eigenvalue weighted by Gasteiger charge is 1.92. The molecular weight excluding hydrogens is 210 g/mol. The lowest BCUT2D eigenvalue weighted by Crippen LogP contribution is -2.32. The molecule has 0 atom stereocenters. The molecule has 0 aliphatic rings. The van der Waals surface area contributed by atoms with Crippen LogP contribution in [0.3, 0.4) is 0 Å². The summed E-state index contributed by atoms with van der Waals surface area (Å²) in [5.74, 6) is -0.0382. The van der Waals surface area contributed by atoms with Gasteiger partial charge in [-0.2, -0.15) is 4.99 Å². The monoisotopic (exact) mass is 223 g/mol. The molecule has 0 spiro atoms. The quantitative estimate of drug-likeness (QED) is 0.151. The molecule has 7 N–H and O–H groups in total. The molecule has 88 valence electrons. The molecule has 0 radical (unpaired) electrons. The standard InChI is InChI=1S/C4H11N5.2HNO2/c1-9(2)4(7)8-3(5)6;2*2-1-3/h1-2H3,(H5,5,6,7,8);2*(H,2,3). The first-order valence-electron chi connectivity index (χ1n) is 3.16. The van der Waals surface area contributed by atoms with Crippen molar-refractivity contribution >= 4 is 11.9 Å². The second-order valence-electron chi connectivity index (χ2n) is 1.91. The fourth-order valence-electron chi connectivity index (χ4n) is 0.223. The molecule has 11 nitrogen and oxygen atoms in total. The van der Waals surface area contributed by atoms with Crippen molar-refractivity contribution in [3.8, 4) is 0 Å². The summed E-state index contributed by atoms with van der Waals surface area (Å²) in [4.78, 5) is 21.3. The third-order valence-electron chi connectivity index (χ3n) is 0.693. The number of aliphatic imine (C=N–C) groups is 1. The Labute approximate surface area is 84.8 Å². The van der Waals surface area contributed by atoms with Crippen molar-refractivity contribution in [2.24, 2.45) is 27.1 Å². The molecule has 0 aromatic heterocycles. The highest BCUT2D eigenvalue weighted by molar-refractivity contribution is 5.91. The van der Waals surface area contributed by atoms with Crippen molar-refractivity contribution in [1.29, 1.82) is 5.41 Å². The fraction of sp³-hybridized carbons (Fsp3) is 0.500. The Morgan fingerprint density at radius 2 is 1.47 bits per heavy atom. The summed E-state index contributed by atoms with van der Waals surface area (Å²) in [5.41, 5.74) is 10.2. The molecular formula is C4H13N7O4. The molecule has 0 heterocycles. The number of guanidine groups is 2. The first kappa shape index (κ1) is 18.3. The summed E-state index contributed by atoms with van der Waals surface area (Å²) >= 11 is 0. The van der Waals surface area contributed by atoms with E-state index in [-0.39, 0.29) is 11.9 Å². The van der Waals surface area contributed by atoms with Gasteiger partial charge in [0.15, 0.2) is 16.6 Å². The minimum Gasteiger partial charge on any atom is -0.379 e. The molecule has 0 unspecified atom stereocenters. The van der Waals surface area contributed by atoms with Crippen LogP contribution in [0.15, 0.2) is 15.7 Å². The molecule has 0 aromatic carbocycles. The molecule has 11 heteroatoms. The van der Waals surface area contributed by atoms with E-state index in [1.165, 1.54) is 10.7 Å². The van der Waals surface area contributed by atoms with E-state index in [9.17, 15) is 0 Å². The number of nitrogens with zero attached hydrogens (tertiary/aromatic N) is 4. The number of rotatable bonds is 0. The molecule has 0 rings (SSSR count). The predicted molar refractivity (Wildman–Crippen MR) is 52.4 cm³/mol. The molecule has 0 amide bonds. The Bertz CT molecular complexity index is 209. The predicted octanol–water partition coefficient (Wildman–Crippen LogP) is -0.960. The van der Waals surface area contributed by atoms with E-state index in [1.54, 1.807) is 19.0 Å². The van der Waals surface area contributed by atoms with E-state index in [4.69, 9.17) is 37.1 Å². The molecule has 0 saturated heterocycles. The molecule has 0 aliphatic heterocycles. The first-order valence-corrected chi connectivity index (χ1v) is 3.16. The average Bonchev–Trinajstić information content (AvgIpc) is 2.05. The summed E-state index contributed by atoms with van der Waals surface area (Å²) in [5, 5.41) is 22.5. The smallest absolute Gasteiger partial charge is 0.215 e. The van der Waals surface area contributed by atoms with Crippen LogP contribution in [0.4, 0.5) is 0 Å². The van der Waals surface area contributed by atoms with Crippen LogP contribution in [0.25, 0.3) is 0 Å². The largest absolute Gasteiger partial charge is 0.379 e. The molecule has 0 aromatic rings. The summed E-state index contributed by atoms with van der Waals surface area (Å²) in [6.07, 6.45) is 0. The Hall–Kier alpha value is -2.46. The SMILES string of the molecule is CN(C)C(N)=NC(=N)N.O=NO.O=NO. The van der Waals surface area contributed by atoms with Crippen LogP contribution >= 0.6 is 0 Å². The lowest BCUT2D eigenvalue weighted by molar-refractivity contribution is 0.312. The fourth-order valence-corrected chi connectivity index (χ4v) is 0.223. The maximum absolute atomic E-state index is 8.11. The topological polar surface area (TPSA) is 191 Å². The van der Waals surface area contributed by atoms with E-state index < -0.39 is 0 Å². The summed E-state index contributed by atoms with van der Waals surface area (Å²) in [6, 6.07) is 0. The van der Waals surface area contributed by atoms with Crippen LogP contribution in [0, 0.1) is 15.2 Å². The van der Waals surface area contributed by atoms with Gasteiger partial charge in [0.2, 0.25) is 5.96 Å². The number of hydrogen-bond acceptors (Lipinski definition) is 5. The molecule has 15 heavy (non-hydrogen) atoms. The maximum Gasteiger partial charge on any atom is 0.215 e. The Morgan fingerprint density at radius 3 is 1.53 bits per heavy atom. The van der Waals surface area contributed by atoms with Gasteiger partial charge in [-0.1, -0.05) is 0 Å². The summed E-state index contributed by atoms with van der Waals surface area (Å²) in [7, 11) is 3.45. The van der Waals surface area contributed by atoms with Gasteiger partial charge in [-0.15, -0.1) is 9.81 Å². The third kappa shape index (κ3) is 34.2. The normalized spacial score (nSPS) is 8.27. The maximum atomic E-state index is 8.11. The molecule has 0 fully saturated rings. The molecule has 0 bridgehead atoms. The Balaban J connectivity index is -0.000000200. The Kier molecular flexibility index (Phi) is 17.2. The lowest BCUT2D eigenvalue weighted by atomic mass is 10.8. The zero-order chi connectivity index (χ0) is 12.9. The average molecular weight is 223 g/mol. The van der Waals surface area contributed by atoms with Crippen molar-refractivity contribution in [1.82, 2.24) is 4.90 Å². The van der Waals surface area contributed by atoms with Crippen LogP contribution in [-0.4, -0.2) is 41.3 Å². The van der Waals surface area contributed by atoms with E-state index in [0.717, 1.165) is 0 Å².